The minimum Gasteiger partial charge on any atom is -0.336 e. The molecule has 1 aliphatic rings. The van der Waals surface area contributed by atoms with Gasteiger partial charge < -0.3 is 4.90 Å². The predicted octanol–water partition coefficient (Wildman–Crippen LogP) is 1.61. The van der Waals surface area contributed by atoms with E-state index in [1.165, 1.54) is 18.2 Å². The lowest BCUT2D eigenvalue weighted by Gasteiger charge is -2.20. The van der Waals surface area contributed by atoms with Gasteiger partial charge in [-0.15, -0.1) is 0 Å². The maximum Gasteiger partial charge on any atom is 0.254 e. The zero-order chi connectivity index (χ0) is 14.2. The molecule has 0 saturated heterocycles. The normalized spacial score (nSPS) is 15.3. The van der Waals surface area contributed by atoms with Gasteiger partial charge in [-0.3, -0.25) is 4.79 Å². The van der Waals surface area contributed by atoms with E-state index in [1.54, 1.807) is 4.90 Å². The van der Waals surface area contributed by atoms with Gasteiger partial charge in [-0.25, -0.2) is 13.6 Å². The number of hydrogen-bond donors (Lipinski definition) is 1. The molecule has 1 saturated carbocycles. The molecule has 1 amide bonds. The molecule has 1 aromatic rings. The first-order valence-corrected chi connectivity index (χ1v) is 7.90. The fraction of sp³-hybridized carbons (Fsp3) is 0.417. The van der Waals surface area contributed by atoms with E-state index in [2.05, 4.69) is 0 Å². The summed E-state index contributed by atoms with van der Waals surface area (Å²) in [6, 6.07) is 4.41. The third-order valence-electron chi connectivity index (χ3n) is 3.07. The van der Waals surface area contributed by atoms with Crippen molar-refractivity contribution in [3.63, 3.8) is 0 Å². The third-order valence-corrected chi connectivity index (χ3v) is 4.47. The van der Waals surface area contributed by atoms with Crippen LogP contribution in [-0.4, -0.2) is 31.8 Å². The molecular formula is C12H15ClN2O3S. The molecule has 0 atom stereocenters. The number of nitrogens with zero attached hydrogens (tertiary/aromatic N) is 1. The molecule has 2 rings (SSSR count). The summed E-state index contributed by atoms with van der Waals surface area (Å²) in [6.07, 6.45) is 1.99. The lowest BCUT2D eigenvalue weighted by Crippen LogP contribution is -2.33. The van der Waals surface area contributed by atoms with E-state index in [0.29, 0.717) is 12.1 Å². The Hall–Kier alpha value is -1.11. The lowest BCUT2D eigenvalue weighted by atomic mass is 10.2. The van der Waals surface area contributed by atoms with Crippen LogP contribution in [0.25, 0.3) is 0 Å². The Bertz CT molecular complexity index is 611. The highest BCUT2D eigenvalue weighted by atomic mass is 35.5. The summed E-state index contributed by atoms with van der Waals surface area (Å²) in [5.41, 5.74) is 0.294. The van der Waals surface area contributed by atoms with E-state index in [1.807, 2.05) is 6.92 Å². The number of amides is 1. The van der Waals surface area contributed by atoms with Gasteiger partial charge in [0.25, 0.3) is 5.91 Å². The van der Waals surface area contributed by atoms with Crippen molar-refractivity contribution in [2.45, 2.75) is 30.7 Å². The van der Waals surface area contributed by atoms with Crippen molar-refractivity contribution in [1.82, 2.24) is 4.90 Å². The molecule has 0 bridgehead atoms. The van der Waals surface area contributed by atoms with Gasteiger partial charge in [-0.05, 0) is 38.0 Å². The fourth-order valence-electron chi connectivity index (χ4n) is 1.97. The zero-order valence-electron chi connectivity index (χ0n) is 10.5. The molecule has 1 aromatic carbocycles. The maximum absolute atomic E-state index is 12.3. The van der Waals surface area contributed by atoms with Crippen LogP contribution in [0.2, 0.25) is 5.02 Å². The van der Waals surface area contributed by atoms with Gasteiger partial charge in [-0.1, -0.05) is 11.6 Å². The third kappa shape index (κ3) is 3.08. The minimum atomic E-state index is -3.93. The van der Waals surface area contributed by atoms with Crippen LogP contribution in [0.4, 0.5) is 0 Å². The Balaban J connectivity index is 2.38. The minimum absolute atomic E-state index is 0.0218. The molecule has 19 heavy (non-hydrogen) atoms. The summed E-state index contributed by atoms with van der Waals surface area (Å²) in [7, 11) is -3.93. The summed E-state index contributed by atoms with van der Waals surface area (Å²) in [6.45, 7) is 2.49. The average molecular weight is 303 g/mol. The molecule has 2 N–H and O–H groups in total. The summed E-state index contributed by atoms with van der Waals surface area (Å²) in [5.74, 6) is -0.188. The van der Waals surface area contributed by atoms with Crippen LogP contribution in [0.3, 0.4) is 0 Å². The van der Waals surface area contributed by atoms with Crippen molar-refractivity contribution >= 4 is 27.5 Å². The van der Waals surface area contributed by atoms with Crippen LogP contribution in [0.5, 0.6) is 0 Å². The number of carbonyl (C=O) groups is 1. The van der Waals surface area contributed by atoms with Gasteiger partial charge in [-0.2, -0.15) is 0 Å². The van der Waals surface area contributed by atoms with Crippen LogP contribution in [0, 0.1) is 0 Å². The van der Waals surface area contributed by atoms with E-state index in [9.17, 15) is 13.2 Å². The highest BCUT2D eigenvalue weighted by Crippen LogP contribution is 2.29. The zero-order valence-corrected chi connectivity index (χ0v) is 12.0. The van der Waals surface area contributed by atoms with Crippen LogP contribution in [-0.2, 0) is 10.0 Å². The van der Waals surface area contributed by atoms with Crippen molar-refractivity contribution in [1.29, 1.82) is 0 Å². The summed E-state index contributed by atoms with van der Waals surface area (Å²) >= 11 is 5.79. The number of benzene rings is 1. The number of primary sulfonamides is 1. The van der Waals surface area contributed by atoms with E-state index in [-0.39, 0.29) is 21.9 Å². The first kappa shape index (κ1) is 14.3. The predicted molar refractivity (Wildman–Crippen MR) is 72.6 cm³/mol. The Kier molecular flexibility index (Phi) is 3.85. The first-order valence-electron chi connectivity index (χ1n) is 5.98. The SMILES string of the molecule is CCN(C(=O)c1ccc(Cl)c(S(N)(=O)=O)c1)C1CC1. The Morgan fingerprint density at radius 1 is 1.47 bits per heavy atom. The number of rotatable bonds is 4. The van der Waals surface area contributed by atoms with Crippen LogP contribution >= 0.6 is 11.6 Å². The molecule has 0 spiro atoms. The van der Waals surface area contributed by atoms with Gasteiger partial charge in [0.05, 0.1) is 5.02 Å². The summed E-state index contributed by atoms with van der Waals surface area (Å²) in [4.78, 5) is 13.8. The van der Waals surface area contributed by atoms with E-state index >= 15 is 0 Å². The van der Waals surface area contributed by atoms with Gasteiger partial charge in [0.15, 0.2) is 0 Å². The van der Waals surface area contributed by atoms with Crippen molar-refractivity contribution in [3.8, 4) is 0 Å². The van der Waals surface area contributed by atoms with Gasteiger partial charge in [0, 0.05) is 18.2 Å². The van der Waals surface area contributed by atoms with Gasteiger partial charge in [0.2, 0.25) is 10.0 Å². The quantitative estimate of drug-likeness (QED) is 0.917. The highest BCUT2D eigenvalue weighted by molar-refractivity contribution is 7.89. The van der Waals surface area contributed by atoms with E-state index in [4.69, 9.17) is 16.7 Å². The largest absolute Gasteiger partial charge is 0.336 e. The average Bonchev–Trinajstić information content (AvgIpc) is 3.13. The number of sulfonamides is 1. The fourth-order valence-corrected chi connectivity index (χ4v) is 3.05. The number of hydrogen-bond acceptors (Lipinski definition) is 3. The molecule has 7 heteroatoms. The Morgan fingerprint density at radius 3 is 2.58 bits per heavy atom. The van der Waals surface area contributed by atoms with Gasteiger partial charge >= 0.3 is 0 Å². The Labute approximate surface area is 117 Å². The van der Waals surface area contributed by atoms with E-state index < -0.39 is 10.0 Å². The molecule has 1 aliphatic carbocycles. The van der Waals surface area contributed by atoms with Crippen LogP contribution in [0.15, 0.2) is 23.1 Å². The molecule has 104 valence electrons. The molecule has 0 aliphatic heterocycles. The topological polar surface area (TPSA) is 80.5 Å². The second-order valence-electron chi connectivity index (χ2n) is 4.51. The Morgan fingerprint density at radius 2 is 2.11 bits per heavy atom. The second kappa shape index (κ2) is 5.11. The van der Waals surface area contributed by atoms with Crippen molar-refractivity contribution in [3.05, 3.63) is 28.8 Å². The molecule has 5 nitrogen and oxygen atoms in total. The molecular weight excluding hydrogens is 288 g/mol. The standard InChI is InChI=1S/C12H15ClN2O3S/c1-2-15(9-4-5-9)12(16)8-3-6-10(13)11(7-8)19(14,17)18/h3,6-7,9H,2,4-5H2,1H3,(H2,14,17,18). The highest BCUT2D eigenvalue weighted by Gasteiger charge is 2.32. The van der Waals surface area contributed by atoms with Crippen molar-refractivity contribution in [2.24, 2.45) is 5.14 Å². The van der Waals surface area contributed by atoms with Gasteiger partial charge in [0.1, 0.15) is 4.90 Å². The maximum atomic E-state index is 12.3. The van der Waals surface area contributed by atoms with Crippen LogP contribution < -0.4 is 5.14 Å². The molecule has 0 unspecified atom stereocenters. The van der Waals surface area contributed by atoms with E-state index in [0.717, 1.165) is 12.8 Å². The lowest BCUT2D eigenvalue weighted by molar-refractivity contribution is 0.0752. The molecule has 0 aromatic heterocycles. The number of carbonyl (C=O) groups excluding carboxylic acids is 1. The second-order valence-corrected chi connectivity index (χ2v) is 6.45. The number of nitrogens with two attached hydrogens (primary N) is 1. The first-order chi connectivity index (χ1) is 8.84. The monoisotopic (exact) mass is 302 g/mol. The smallest absolute Gasteiger partial charge is 0.254 e. The van der Waals surface area contributed by atoms with Crippen LogP contribution in [0.1, 0.15) is 30.1 Å². The van der Waals surface area contributed by atoms with Crippen molar-refractivity contribution in [2.75, 3.05) is 6.54 Å². The number of halogens is 1. The molecule has 0 heterocycles. The summed E-state index contributed by atoms with van der Waals surface area (Å²) in [5, 5.41) is 5.09. The molecule has 1 fully saturated rings. The van der Waals surface area contributed by atoms with Crippen molar-refractivity contribution < 1.29 is 13.2 Å². The summed E-state index contributed by atoms with van der Waals surface area (Å²) < 4.78 is 22.8. The molecule has 0 radical (unpaired) electrons.